The van der Waals surface area contributed by atoms with Gasteiger partial charge in [-0.1, -0.05) is 23.2 Å². The summed E-state index contributed by atoms with van der Waals surface area (Å²) in [6.45, 7) is 4.22. The molecule has 0 saturated carbocycles. The molecular formula is C24H26Cl2N4O6. The van der Waals surface area contributed by atoms with Crippen LogP contribution in [0, 0.1) is 0 Å². The molecule has 12 heteroatoms. The Hall–Kier alpha value is -3.05. The molecule has 0 spiro atoms. The second-order valence-corrected chi connectivity index (χ2v) is 8.86. The molecule has 0 atom stereocenters. The molecule has 0 aliphatic carbocycles. The van der Waals surface area contributed by atoms with Crippen molar-refractivity contribution in [3.63, 3.8) is 0 Å². The SMILES string of the molecule is COc1cc(OC)c(Cl)c(-c2cc3cnc(OC(N)=O)cc3n(CCCN3CCOCC3)c2=O)c1Cl. The van der Waals surface area contributed by atoms with Gasteiger partial charge in [-0.15, -0.1) is 0 Å². The zero-order chi connectivity index (χ0) is 25.8. The molecule has 1 amide bonds. The van der Waals surface area contributed by atoms with E-state index in [1.807, 2.05) is 0 Å². The average Bonchev–Trinajstić information content (AvgIpc) is 2.86. The van der Waals surface area contributed by atoms with Crippen LogP contribution in [0.1, 0.15) is 6.42 Å². The summed E-state index contributed by atoms with van der Waals surface area (Å²) in [5.74, 6) is 0.618. The van der Waals surface area contributed by atoms with E-state index in [0.29, 0.717) is 54.1 Å². The summed E-state index contributed by atoms with van der Waals surface area (Å²) in [6, 6.07) is 4.71. The lowest BCUT2D eigenvalue weighted by Crippen LogP contribution is -2.37. The van der Waals surface area contributed by atoms with Crippen LogP contribution in [0.4, 0.5) is 4.79 Å². The van der Waals surface area contributed by atoms with Gasteiger partial charge in [0.05, 0.1) is 48.6 Å². The number of halogens is 2. The van der Waals surface area contributed by atoms with Gasteiger partial charge >= 0.3 is 6.09 Å². The molecule has 2 N–H and O–H groups in total. The number of amides is 1. The lowest BCUT2D eigenvalue weighted by Gasteiger charge is -2.26. The number of nitrogens with two attached hydrogens (primary N) is 1. The fourth-order valence-electron chi connectivity index (χ4n) is 4.21. The smallest absolute Gasteiger partial charge is 0.411 e. The number of aromatic nitrogens is 2. The minimum atomic E-state index is -0.998. The topological polar surface area (TPSA) is 118 Å². The largest absolute Gasteiger partial charge is 0.495 e. The summed E-state index contributed by atoms with van der Waals surface area (Å²) in [6.07, 6.45) is 1.19. The Morgan fingerprint density at radius 3 is 2.36 bits per heavy atom. The summed E-state index contributed by atoms with van der Waals surface area (Å²) < 4.78 is 22.7. The highest BCUT2D eigenvalue weighted by molar-refractivity contribution is 6.41. The van der Waals surface area contributed by atoms with E-state index in [-0.39, 0.29) is 27.0 Å². The number of hydrogen-bond donors (Lipinski definition) is 1. The first-order valence-corrected chi connectivity index (χ1v) is 12.0. The number of hydrogen-bond acceptors (Lipinski definition) is 8. The molecule has 3 heterocycles. The number of methoxy groups -OCH3 is 2. The van der Waals surface area contributed by atoms with E-state index in [2.05, 4.69) is 9.88 Å². The van der Waals surface area contributed by atoms with Gasteiger partial charge in [0.15, 0.2) is 0 Å². The van der Waals surface area contributed by atoms with E-state index in [0.717, 1.165) is 19.6 Å². The quantitative estimate of drug-likeness (QED) is 0.464. The molecule has 0 bridgehead atoms. The molecule has 2 aromatic heterocycles. The first kappa shape index (κ1) is 26.0. The van der Waals surface area contributed by atoms with Gasteiger partial charge in [0, 0.05) is 55.5 Å². The highest BCUT2D eigenvalue weighted by Gasteiger charge is 2.23. The maximum Gasteiger partial charge on any atom is 0.411 e. The van der Waals surface area contributed by atoms with Gasteiger partial charge in [-0.3, -0.25) is 9.69 Å². The third-order valence-electron chi connectivity index (χ3n) is 5.96. The Labute approximate surface area is 217 Å². The van der Waals surface area contributed by atoms with Gasteiger partial charge in [-0.05, 0) is 12.5 Å². The van der Waals surface area contributed by atoms with E-state index in [4.69, 9.17) is 47.9 Å². The van der Waals surface area contributed by atoms with Crippen LogP contribution in [0.15, 0.2) is 29.2 Å². The summed E-state index contributed by atoms with van der Waals surface area (Å²) >= 11 is 13.2. The van der Waals surface area contributed by atoms with Crippen LogP contribution in [0.5, 0.6) is 17.4 Å². The van der Waals surface area contributed by atoms with Crippen molar-refractivity contribution in [1.29, 1.82) is 0 Å². The lowest BCUT2D eigenvalue weighted by molar-refractivity contribution is 0.0369. The number of benzene rings is 1. The van der Waals surface area contributed by atoms with Crippen LogP contribution in [-0.2, 0) is 11.3 Å². The maximum absolute atomic E-state index is 13.9. The van der Waals surface area contributed by atoms with Gasteiger partial charge in [0.2, 0.25) is 5.88 Å². The van der Waals surface area contributed by atoms with Crippen molar-refractivity contribution < 1.29 is 23.7 Å². The van der Waals surface area contributed by atoms with Crippen LogP contribution < -0.4 is 25.5 Å². The number of carbonyl (C=O) groups is 1. The van der Waals surface area contributed by atoms with Gasteiger partial charge in [0.25, 0.3) is 5.56 Å². The molecule has 1 aliphatic rings. The fraction of sp³-hybridized carbons (Fsp3) is 0.375. The van der Waals surface area contributed by atoms with Crippen molar-refractivity contribution in [2.45, 2.75) is 13.0 Å². The van der Waals surface area contributed by atoms with Crippen LogP contribution >= 0.6 is 23.2 Å². The molecular weight excluding hydrogens is 511 g/mol. The molecule has 3 aromatic rings. The monoisotopic (exact) mass is 536 g/mol. The number of fused-ring (bicyclic) bond motifs is 1. The Balaban J connectivity index is 1.85. The van der Waals surface area contributed by atoms with Crippen LogP contribution in [0.2, 0.25) is 10.0 Å². The van der Waals surface area contributed by atoms with E-state index in [1.54, 1.807) is 16.7 Å². The second-order valence-electron chi connectivity index (χ2n) is 8.11. The van der Waals surface area contributed by atoms with Crippen LogP contribution in [-0.4, -0.2) is 67.6 Å². The van der Waals surface area contributed by atoms with Crippen molar-refractivity contribution in [2.24, 2.45) is 5.73 Å². The summed E-state index contributed by atoms with van der Waals surface area (Å²) in [7, 11) is 2.93. The van der Waals surface area contributed by atoms with Gasteiger partial charge < -0.3 is 29.2 Å². The third-order valence-corrected chi connectivity index (χ3v) is 6.71. The van der Waals surface area contributed by atoms with E-state index in [1.165, 1.54) is 26.5 Å². The molecule has 36 heavy (non-hydrogen) atoms. The Kier molecular flexibility index (Phi) is 8.20. The Bertz CT molecular complexity index is 1310. The molecule has 1 aliphatic heterocycles. The molecule has 1 saturated heterocycles. The number of ether oxygens (including phenoxy) is 4. The highest BCUT2D eigenvalue weighted by atomic mass is 35.5. The highest BCUT2D eigenvalue weighted by Crippen LogP contribution is 2.45. The number of rotatable bonds is 8. The van der Waals surface area contributed by atoms with Gasteiger partial charge in [-0.2, -0.15) is 0 Å². The fourth-order valence-corrected chi connectivity index (χ4v) is 4.92. The van der Waals surface area contributed by atoms with E-state index in [9.17, 15) is 9.59 Å². The van der Waals surface area contributed by atoms with Crippen molar-refractivity contribution in [1.82, 2.24) is 14.5 Å². The number of primary amides is 1. The van der Waals surface area contributed by atoms with Gasteiger partial charge in [-0.25, -0.2) is 9.78 Å². The molecule has 10 nitrogen and oxygen atoms in total. The summed E-state index contributed by atoms with van der Waals surface area (Å²) in [5.41, 5.74) is 5.89. The number of nitrogens with zero attached hydrogens (tertiary/aromatic N) is 3. The standard InChI is InChI=1S/C24H26Cl2N4O6/c1-33-17-12-18(34-2)22(26)20(21(17)25)15-10-14-13-28-19(36-24(27)32)11-16(14)30(23(15)31)5-3-4-29-6-8-35-9-7-29/h10-13H,3-9H2,1-2H3,(H2,27,32). The number of carbonyl (C=O) groups excluding carboxylic acids is 1. The molecule has 192 valence electrons. The maximum atomic E-state index is 13.9. The Morgan fingerprint density at radius 1 is 1.08 bits per heavy atom. The molecule has 1 fully saturated rings. The van der Waals surface area contributed by atoms with E-state index < -0.39 is 6.09 Å². The number of pyridine rings is 2. The van der Waals surface area contributed by atoms with E-state index >= 15 is 0 Å². The second kappa shape index (κ2) is 11.3. The molecule has 0 radical (unpaired) electrons. The average molecular weight is 537 g/mol. The van der Waals surface area contributed by atoms with Crippen molar-refractivity contribution in [3.8, 4) is 28.5 Å². The zero-order valence-electron chi connectivity index (χ0n) is 19.9. The van der Waals surface area contributed by atoms with Gasteiger partial charge in [0.1, 0.15) is 11.5 Å². The van der Waals surface area contributed by atoms with Crippen LogP contribution in [0.3, 0.4) is 0 Å². The molecule has 0 unspecified atom stereocenters. The molecule has 4 rings (SSSR count). The first-order valence-electron chi connectivity index (χ1n) is 11.2. The van der Waals surface area contributed by atoms with Crippen molar-refractivity contribution in [3.05, 3.63) is 44.8 Å². The normalized spacial score (nSPS) is 14.1. The summed E-state index contributed by atoms with van der Waals surface area (Å²) in [4.78, 5) is 31.6. The number of aryl methyl sites for hydroxylation is 1. The summed E-state index contributed by atoms with van der Waals surface area (Å²) in [5, 5.41) is 0.976. The van der Waals surface area contributed by atoms with Crippen molar-refractivity contribution in [2.75, 3.05) is 47.1 Å². The molecule has 1 aromatic carbocycles. The van der Waals surface area contributed by atoms with Crippen LogP contribution in [0.25, 0.3) is 22.0 Å². The third kappa shape index (κ3) is 5.36. The zero-order valence-corrected chi connectivity index (χ0v) is 21.4. The first-order chi connectivity index (χ1) is 17.3. The lowest BCUT2D eigenvalue weighted by atomic mass is 10.0. The minimum Gasteiger partial charge on any atom is -0.495 e. The number of morpholine rings is 1. The Morgan fingerprint density at radius 2 is 1.75 bits per heavy atom. The predicted octanol–water partition coefficient (Wildman–Crippen LogP) is 3.57. The van der Waals surface area contributed by atoms with Crippen molar-refractivity contribution >= 4 is 40.2 Å². The predicted molar refractivity (Wildman–Crippen MR) is 137 cm³/mol. The minimum absolute atomic E-state index is 0.0109.